The number of aryl methyl sites for hydroxylation is 1. The predicted molar refractivity (Wildman–Crippen MR) is 124 cm³/mol. The van der Waals surface area contributed by atoms with Gasteiger partial charge in [0, 0.05) is 45.1 Å². The number of rotatable bonds is 3. The van der Waals surface area contributed by atoms with Gasteiger partial charge in [-0.25, -0.2) is 4.98 Å². The van der Waals surface area contributed by atoms with Crippen molar-refractivity contribution in [2.24, 2.45) is 0 Å². The quantitative estimate of drug-likeness (QED) is 0.316. The highest BCUT2D eigenvalue weighted by atomic mass is 79.9. The van der Waals surface area contributed by atoms with E-state index in [9.17, 15) is 5.26 Å². The SMILES string of the molecule is CCc1cn(-c2ccc(C#N)c(Br)c2)c2nccc(-c3cnc4ccccc4c3)c12. The molecule has 0 aliphatic heterocycles. The average molecular weight is 453 g/mol. The summed E-state index contributed by atoms with van der Waals surface area (Å²) in [7, 11) is 0. The van der Waals surface area contributed by atoms with E-state index >= 15 is 0 Å². The number of para-hydroxylation sites is 1. The Bertz CT molecular complexity index is 1460. The zero-order valence-electron chi connectivity index (χ0n) is 16.3. The first-order valence-electron chi connectivity index (χ1n) is 9.73. The van der Waals surface area contributed by atoms with Crippen LogP contribution in [0, 0.1) is 11.3 Å². The van der Waals surface area contributed by atoms with Crippen molar-refractivity contribution in [1.29, 1.82) is 5.26 Å². The largest absolute Gasteiger partial charge is 0.301 e. The number of nitrogens with zero attached hydrogens (tertiary/aromatic N) is 4. The summed E-state index contributed by atoms with van der Waals surface area (Å²) in [6.45, 7) is 2.16. The first-order chi connectivity index (χ1) is 14.7. The molecule has 4 nitrogen and oxygen atoms in total. The Labute approximate surface area is 182 Å². The normalized spacial score (nSPS) is 11.1. The van der Waals surface area contributed by atoms with Gasteiger partial charge in [-0.05, 0) is 69.9 Å². The molecule has 0 saturated carbocycles. The molecule has 3 aromatic heterocycles. The summed E-state index contributed by atoms with van der Waals surface area (Å²) in [4.78, 5) is 9.36. The first kappa shape index (κ1) is 18.5. The minimum absolute atomic E-state index is 0.613. The second-order valence-electron chi connectivity index (χ2n) is 7.13. The van der Waals surface area contributed by atoms with Crippen LogP contribution < -0.4 is 0 Å². The lowest BCUT2D eigenvalue weighted by Gasteiger charge is -2.09. The molecule has 5 heteroatoms. The lowest BCUT2D eigenvalue weighted by Crippen LogP contribution is -1.95. The molecule has 3 heterocycles. The monoisotopic (exact) mass is 452 g/mol. The zero-order valence-corrected chi connectivity index (χ0v) is 17.9. The van der Waals surface area contributed by atoms with E-state index < -0.39 is 0 Å². The molecule has 0 bridgehead atoms. The molecule has 0 N–H and O–H groups in total. The molecule has 5 aromatic rings. The molecular formula is C25H17BrN4. The van der Waals surface area contributed by atoms with Crippen molar-refractivity contribution in [2.45, 2.75) is 13.3 Å². The Morgan fingerprint density at radius 3 is 2.73 bits per heavy atom. The molecule has 2 aromatic carbocycles. The third-order valence-corrected chi connectivity index (χ3v) is 6.05. The van der Waals surface area contributed by atoms with Gasteiger partial charge in [0.05, 0.1) is 11.1 Å². The van der Waals surface area contributed by atoms with Gasteiger partial charge in [0.25, 0.3) is 0 Å². The summed E-state index contributed by atoms with van der Waals surface area (Å²) in [5, 5.41) is 11.5. The lowest BCUT2D eigenvalue weighted by atomic mass is 10.0. The smallest absolute Gasteiger partial charge is 0.145 e. The molecular weight excluding hydrogens is 436 g/mol. The Morgan fingerprint density at radius 2 is 1.93 bits per heavy atom. The van der Waals surface area contributed by atoms with Gasteiger partial charge in [0.15, 0.2) is 0 Å². The summed E-state index contributed by atoms with van der Waals surface area (Å²) in [5.74, 6) is 0. The van der Waals surface area contributed by atoms with Gasteiger partial charge < -0.3 is 4.57 Å². The predicted octanol–water partition coefficient (Wildman–Crippen LogP) is 6.44. The topological polar surface area (TPSA) is 54.5 Å². The van der Waals surface area contributed by atoms with E-state index in [1.165, 1.54) is 5.56 Å². The second kappa shape index (κ2) is 7.40. The maximum atomic E-state index is 9.23. The molecule has 0 spiro atoms. The summed E-state index contributed by atoms with van der Waals surface area (Å²) in [6.07, 6.45) is 6.82. The van der Waals surface area contributed by atoms with Crippen molar-refractivity contribution in [3.05, 3.63) is 88.8 Å². The van der Waals surface area contributed by atoms with E-state index in [-0.39, 0.29) is 0 Å². The minimum Gasteiger partial charge on any atom is -0.301 e. The fourth-order valence-corrected chi connectivity index (χ4v) is 4.36. The molecule has 144 valence electrons. The van der Waals surface area contributed by atoms with Gasteiger partial charge in [-0.1, -0.05) is 25.1 Å². The summed E-state index contributed by atoms with van der Waals surface area (Å²) < 4.78 is 2.87. The number of aromatic nitrogens is 3. The Balaban J connectivity index is 1.75. The second-order valence-corrected chi connectivity index (χ2v) is 7.98. The number of benzene rings is 2. The van der Waals surface area contributed by atoms with Crippen LogP contribution in [0.1, 0.15) is 18.1 Å². The molecule has 0 unspecified atom stereocenters. The first-order valence-corrected chi connectivity index (χ1v) is 10.5. The van der Waals surface area contributed by atoms with Gasteiger partial charge in [0.2, 0.25) is 0 Å². The van der Waals surface area contributed by atoms with E-state index in [1.807, 2.05) is 48.8 Å². The minimum atomic E-state index is 0.613. The third kappa shape index (κ3) is 2.97. The van der Waals surface area contributed by atoms with Crippen molar-refractivity contribution in [1.82, 2.24) is 14.5 Å². The number of hydrogen-bond acceptors (Lipinski definition) is 3. The molecule has 30 heavy (non-hydrogen) atoms. The molecule has 0 aliphatic carbocycles. The molecule has 0 atom stereocenters. The summed E-state index contributed by atoms with van der Waals surface area (Å²) in [5.41, 5.74) is 6.89. The van der Waals surface area contributed by atoms with Crippen LogP contribution in [0.5, 0.6) is 0 Å². The van der Waals surface area contributed by atoms with Crippen LogP contribution in [0.25, 0.3) is 38.8 Å². The highest BCUT2D eigenvalue weighted by molar-refractivity contribution is 9.10. The van der Waals surface area contributed by atoms with Crippen LogP contribution in [0.2, 0.25) is 0 Å². The van der Waals surface area contributed by atoms with Crippen molar-refractivity contribution in [3.8, 4) is 22.9 Å². The van der Waals surface area contributed by atoms with Crippen LogP contribution in [-0.4, -0.2) is 14.5 Å². The van der Waals surface area contributed by atoms with Crippen molar-refractivity contribution < 1.29 is 0 Å². The van der Waals surface area contributed by atoms with E-state index in [4.69, 9.17) is 4.98 Å². The Kier molecular flexibility index (Phi) is 4.57. The van der Waals surface area contributed by atoms with Crippen molar-refractivity contribution >= 4 is 37.9 Å². The molecule has 0 saturated heterocycles. The standard InChI is InChI=1S/C25H17BrN4/c1-2-16-15-30(20-8-7-18(13-27)22(26)12-20)25-24(16)21(9-10-28-25)19-11-17-5-3-4-6-23(17)29-14-19/h3-12,14-15H,2H2,1H3. The average Bonchev–Trinajstić information content (AvgIpc) is 3.17. The Morgan fingerprint density at radius 1 is 1.07 bits per heavy atom. The number of fused-ring (bicyclic) bond motifs is 2. The maximum Gasteiger partial charge on any atom is 0.145 e. The summed E-state index contributed by atoms with van der Waals surface area (Å²) in [6, 6.07) is 20.3. The van der Waals surface area contributed by atoms with Crippen LogP contribution in [0.3, 0.4) is 0 Å². The van der Waals surface area contributed by atoms with Gasteiger partial charge in [0.1, 0.15) is 11.7 Å². The van der Waals surface area contributed by atoms with Gasteiger partial charge in [-0.2, -0.15) is 5.26 Å². The fourth-order valence-electron chi connectivity index (χ4n) is 3.90. The molecule has 0 radical (unpaired) electrons. The van der Waals surface area contributed by atoms with Crippen LogP contribution in [0.4, 0.5) is 0 Å². The fraction of sp³-hybridized carbons (Fsp3) is 0.0800. The number of nitriles is 1. The van der Waals surface area contributed by atoms with Gasteiger partial charge >= 0.3 is 0 Å². The Hall–Kier alpha value is -3.49. The van der Waals surface area contributed by atoms with E-state index in [0.717, 1.165) is 49.6 Å². The maximum absolute atomic E-state index is 9.23. The van der Waals surface area contributed by atoms with Gasteiger partial charge in [-0.15, -0.1) is 0 Å². The van der Waals surface area contributed by atoms with E-state index in [0.29, 0.717) is 5.56 Å². The zero-order chi connectivity index (χ0) is 20.7. The third-order valence-electron chi connectivity index (χ3n) is 5.40. The van der Waals surface area contributed by atoms with E-state index in [2.05, 4.69) is 62.9 Å². The highest BCUT2D eigenvalue weighted by Crippen LogP contribution is 2.34. The molecule has 0 fully saturated rings. The van der Waals surface area contributed by atoms with Crippen molar-refractivity contribution in [3.63, 3.8) is 0 Å². The number of pyridine rings is 2. The molecule has 5 rings (SSSR count). The van der Waals surface area contributed by atoms with Crippen LogP contribution in [0.15, 0.2) is 77.7 Å². The lowest BCUT2D eigenvalue weighted by molar-refractivity contribution is 1.06. The van der Waals surface area contributed by atoms with Crippen molar-refractivity contribution in [2.75, 3.05) is 0 Å². The number of halogens is 1. The molecule has 0 amide bonds. The molecule has 0 aliphatic rings. The highest BCUT2D eigenvalue weighted by Gasteiger charge is 2.16. The van der Waals surface area contributed by atoms with Crippen LogP contribution >= 0.6 is 15.9 Å². The summed E-state index contributed by atoms with van der Waals surface area (Å²) >= 11 is 3.50. The van der Waals surface area contributed by atoms with Crippen LogP contribution in [-0.2, 0) is 6.42 Å². The van der Waals surface area contributed by atoms with E-state index in [1.54, 1.807) is 0 Å². The number of hydrogen-bond donors (Lipinski definition) is 0. The van der Waals surface area contributed by atoms with Gasteiger partial charge in [-0.3, -0.25) is 4.98 Å².